The summed E-state index contributed by atoms with van der Waals surface area (Å²) >= 11 is 0. The number of hydrogen-bond donors (Lipinski definition) is 2. The van der Waals surface area contributed by atoms with Crippen molar-refractivity contribution >= 4 is 5.91 Å². The van der Waals surface area contributed by atoms with Gasteiger partial charge in [-0.15, -0.1) is 0 Å². The molecule has 1 amide bonds. The van der Waals surface area contributed by atoms with Crippen molar-refractivity contribution in [2.75, 3.05) is 13.1 Å². The number of likely N-dealkylation sites (tertiary alicyclic amines) is 1. The summed E-state index contributed by atoms with van der Waals surface area (Å²) < 4.78 is 0. The molecule has 2 aromatic rings. The van der Waals surface area contributed by atoms with Crippen molar-refractivity contribution in [2.45, 2.75) is 26.1 Å². The van der Waals surface area contributed by atoms with E-state index < -0.39 is 0 Å². The summed E-state index contributed by atoms with van der Waals surface area (Å²) in [5.41, 5.74) is 9.63. The molecule has 1 aromatic heterocycles. The van der Waals surface area contributed by atoms with Crippen LogP contribution in [0.3, 0.4) is 0 Å². The van der Waals surface area contributed by atoms with Crippen molar-refractivity contribution in [2.24, 2.45) is 11.7 Å². The fourth-order valence-electron chi connectivity index (χ4n) is 3.18. The maximum atomic E-state index is 12.5. The van der Waals surface area contributed by atoms with Gasteiger partial charge in [0.05, 0.1) is 5.92 Å². The number of aromatic nitrogens is 1. The van der Waals surface area contributed by atoms with E-state index in [1.165, 1.54) is 5.56 Å². The Bertz CT molecular complexity index is 689. The minimum atomic E-state index is -0.157. The fraction of sp³-hybridized carbons (Fsp3) is 0.368. The molecule has 24 heavy (non-hydrogen) atoms. The number of amides is 1. The smallest absolute Gasteiger partial charge is 0.226 e. The fourth-order valence-corrected chi connectivity index (χ4v) is 3.18. The van der Waals surface area contributed by atoms with Crippen LogP contribution in [0.4, 0.5) is 0 Å². The van der Waals surface area contributed by atoms with Crippen molar-refractivity contribution in [3.63, 3.8) is 0 Å². The summed E-state index contributed by atoms with van der Waals surface area (Å²) in [6.07, 6.45) is 3.56. The molecule has 2 atom stereocenters. The van der Waals surface area contributed by atoms with Crippen molar-refractivity contribution in [3.05, 3.63) is 65.5 Å². The molecule has 0 bridgehead atoms. The Morgan fingerprint density at radius 2 is 2.08 bits per heavy atom. The summed E-state index contributed by atoms with van der Waals surface area (Å²) in [7, 11) is 0. The van der Waals surface area contributed by atoms with Gasteiger partial charge in [0.1, 0.15) is 0 Å². The molecule has 2 unspecified atom stereocenters. The summed E-state index contributed by atoms with van der Waals surface area (Å²) in [5, 5.41) is 3.02. The Kier molecular flexibility index (Phi) is 5.23. The van der Waals surface area contributed by atoms with E-state index in [4.69, 9.17) is 5.73 Å². The second kappa shape index (κ2) is 7.55. The quantitative estimate of drug-likeness (QED) is 0.874. The average Bonchev–Trinajstić information content (AvgIpc) is 2.95. The van der Waals surface area contributed by atoms with Crippen LogP contribution in [0.2, 0.25) is 0 Å². The maximum absolute atomic E-state index is 12.5. The van der Waals surface area contributed by atoms with E-state index >= 15 is 0 Å². The van der Waals surface area contributed by atoms with Crippen molar-refractivity contribution in [1.29, 1.82) is 0 Å². The summed E-state index contributed by atoms with van der Waals surface area (Å²) in [6.45, 7) is 4.81. The molecule has 5 heteroatoms. The molecule has 5 nitrogen and oxygen atoms in total. The number of benzene rings is 1. The van der Waals surface area contributed by atoms with Gasteiger partial charge in [-0.2, -0.15) is 0 Å². The Morgan fingerprint density at radius 1 is 1.29 bits per heavy atom. The highest BCUT2D eigenvalue weighted by Gasteiger charge is 2.35. The van der Waals surface area contributed by atoms with Gasteiger partial charge in [0, 0.05) is 44.6 Å². The molecule has 1 aliphatic heterocycles. The molecular weight excluding hydrogens is 300 g/mol. The highest BCUT2D eigenvalue weighted by Crippen LogP contribution is 2.18. The number of hydrogen-bond acceptors (Lipinski definition) is 4. The largest absolute Gasteiger partial charge is 0.352 e. The van der Waals surface area contributed by atoms with Gasteiger partial charge in [0.2, 0.25) is 5.91 Å². The predicted octanol–water partition coefficient (Wildman–Crippen LogP) is 1.47. The third-order valence-corrected chi connectivity index (χ3v) is 4.62. The van der Waals surface area contributed by atoms with E-state index in [0.717, 1.165) is 24.2 Å². The van der Waals surface area contributed by atoms with Crippen LogP contribution in [0.15, 0.2) is 48.8 Å². The van der Waals surface area contributed by atoms with E-state index in [1.807, 2.05) is 37.4 Å². The SMILES string of the molecule is Cc1cnccc1CNC(=O)C1CN(Cc2ccccc2)CC1N. The maximum Gasteiger partial charge on any atom is 0.226 e. The molecule has 1 fully saturated rings. The topological polar surface area (TPSA) is 71.2 Å². The minimum absolute atomic E-state index is 0.0364. The van der Waals surface area contributed by atoms with Gasteiger partial charge in [-0.25, -0.2) is 0 Å². The van der Waals surface area contributed by atoms with Gasteiger partial charge < -0.3 is 11.1 Å². The van der Waals surface area contributed by atoms with E-state index in [0.29, 0.717) is 13.1 Å². The van der Waals surface area contributed by atoms with Crippen LogP contribution < -0.4 is 11.1 Å². The van der Waals surface area contributed by atoms with Gasteiger partial charge in [-0.05, 0) is 29.7 Å². The van der Waals surface area contributed by atoms with Crippen molar-refractivity contribution in [3.8, 4) is 0 Å². The second-order valence-electron chi connectivity index (χ2n) is 6.47. The third-order valence-electron chi connectivity index (χ3n) is 4.62. The minimum Gasteiger partial charge on any atom is -0.352 e. The molecular formula is C19H24N4O. The summed E-state index contributed by atoms with van der Waals surface area (Å²) in [6, 6.07) is 12.1. The van der Waals surface area contributed by atoms with Crippen LogP contribution in [0, 0.1) is 12.8 Å². The number of rotatable bonds is 5. The van der Waals surface area contributed by atoms with Crippen LogP contribution in [0.25, 0.3) is 0 Å². The lowest BCUT2D eigenvalue weighted by Gasteiger charge is -2.16. The molecule has 126 valence electrons. The molecule has 1 saturated heterocycles. The number of pyridine rings is 1. The number of carbonyl (C=O) groups excluding carboxylic acids is 1. The lowest BCUT2D eigenvalue weighted by Crippen LogP contribution is -2.40. The van der Waals surface area contributed by atoms with Crippen LogP contribution in [0.5, 0.6) is 0 Å². The number of nitrogens with two attached hydrogens (primary N) is 1. The lowest BCUT2D eigenvalue weighted by molar-refractivity contribution is -0.125. The highest BCUT2D eigenvalue weighted by molar-refractivity contribution is 5.80. The Morgan fingerprint density at radius 3 is 2.83 bits per heavy atom. The van der Waals surface area contributed by atoms with E-state index in [1.54, 1.807) is 6.20 Å². The zero-order valence-electron chi connectivity index (χ0n) is 14.0. The molecule has 0 radical (unpaired) electrons. The van der Waals surface area contributed by atoms with E-state index in [-0.39, 0.29) is 17.9 Å². The molecule has 2 heterocycles. The molecule has 3 rings (SSSR count). The monoisotopic (exact) mass is 324 g/mol. The number of aryl methyl sites for hydroxylation is 1. The standard InChI is InChI=1S/C19H24N4O/c1-14-9-21-8-7-16(14)10-22-19(24)17-12-23(13-18(17)20)11-15-5-3-2-4-6-15/h2-9,17-18H,10-13,20H2,1H3,(H,22,24). The molecule has 1 aromatic carbocycles. The first-order valence-electron chi connectivity index (χ1n) is 8.32. The van der Waals surface area contributed by atoms with E-state index in [2.05, 4.69) is 27.3 Å². The number of nitrogens with zero attached hydrogens (tertiary/aromatic N) is 2. The number of carbonyl (C=O) groups is 1. The Balaban J connectivity index is 1.54. The Labute approximate surface area is 142 Å². The van der Waals surface area contributed by atoms with Crippen LogP contribution in [0.1, 0.15) is 16.7 Å². The number of nitrogens with one attached hydrogen (secondary N) is 1. The molecule has 0 aliphatic carbocycles. The van der Waals surface area contributed by atoms with Crippen LogP contribution >= 0.6 is 0 Å². The van der Waals surface area contributed by atoms with Crippen LogP contribution in [-0.2, 0) is 17.9 Å². The molecule has 0 spiro atoms. The lowest BCUT2D eigenvalue weighted by atomic mass is 10.0. The molecule has 0 saturated carbocycles. The Hall–Kier alpha value is -2.24. The average molecular weight is 324 g/mol. The predicted molar refractivity (Wildman–Crippen MR) is 94.0 cm³/mol. The summed E-state index contributed by atoms with van der Waals surface area (Å²) in [4.78, 5) is 18.8. The van der Waals surface area contributed by atoms with Gasteiger partial charge >= 0.3 is 0 Å². The molecule has 1 aliphatic rings. The first kappa shape index (κ1) is 16.6. The first-order chi connectivity index (χ1) is 11.6. The normalized spacial score (nSPS) is 20.9. The zero-order valence-corrected chi connectivity index (χ0v) is 14.0. The first-order valence-corrected chi connectivity index (χ1v) is 8.32. The van der Waals surface area contributed by atoms with Gasteiger partial charge in [0.15, 0.2) is 0 Å². The van der Waals surface area contributed by atoms with E-state index in [9.17, 15) is 4.79 Å². The van der Waals surface area contributed by atoms with Crippen LogP contribution in [-0.4, -0.2) is 34.9 Å². The van der Waals surface area contributed by atoms with Crippen molar-refractivity contribution in [1.82, 2.24) is 15.2 Å². The van der Waals surface area contributed by atoms with Gasteiger partial charge in [-0.1, -0.05) is 30.3 Å². The summed E-state index contributed by atoms with van der Waals surface area (Å²) in [5.74, 6) is -0.120. The van der Waals surface area contributed by atoms with Crippen molar-refractivity contribution < 1.29 is 4.79 Å². The zero-order chi connectivity index (χ0) is 16.9. The van der Waals surface area contributed by atoms with Gasteiger partial charge in [0.25, 0.3) is 0 Å². The molecule has 3 N–H and O–H groups in total. The van der Waals surface area contributed by atoms with Gasteiger partial charge in [-0.3, -0.25) is 14.7 Å². The highest BCUT2D eigenvalue weighted by atomic mass is 16.2. The third kappa shape index (κ3) is 3.99. The second-order valence-corrected chi connectivity index (χ2v) is 6.47.